The highest BCUT2D eigenvalue weighted by Crippen LogP contribution is 2.26. The Labute approximate surface area is 312 Å². The normalized spacial score (nSPS) is 11.3. The molecule has 0 atom stereocenters. The third-order valence-electron chi connectivity index (χ3n) is 8.43. The van der Waals surface area contributed by atoms with Crippen LogP contribution < -0.4 is 9.47 Å². The van der Waals surface area contributed by atoms with E-state index in [2.05, 4.69) is 20.4 Å². The topological polar surface area (TPSA) is 105 Å². The van der Waals surface area contributed by atoms with E-state index in [1.807, 2.05) is 170 Å². The first-order valence-corrected chi connectivity index (χ1v) is 17.5. The number of hydrogen-bond acceptors (Lipinski definition) is 8. The molecule has 0 aliphatic heterocycles. The first-order chi connectivity index (χ1) is 26.8. The molecule has 0 N–H and O–H groups in total. The number of nitrogens with zero attached hydrogens (tertiary/aromatic N) is 8. The van der Waals surface area contributed by atoms with E-state index in [9.17, 15) is 0 Å². The first-order valence-electron chi connectivity index (χ1n) is 17.5. The van der Waals surface area contributed by atoms with Gasteiger partial charge in [0.25, 0.3) is 0 Å². The Kier molecular flexibility index (Phi) is 10.1. The maximum atomic E-state index is 5.96. The summed E-state index contributed by atoms with van der Waals surface area (Å²) in [6, 6.07) is 55.1. The molecule has 10 heteroatoms. The lowest BCUT2D eigenvalue weighted by Crippen LogP contribution is -2.09. The smallest absolute Gasteiger partial charge is 0.185 e. The van der Waals surface area contributed by atoms with Gasteiger partial charge in [0.05, 0.1) is 12.4 Å². The van der Waals surface area contributed by atoms with Crippen LogP contribution in [-0.4, -0.2) is 55.4 Å². The fourth-order valence-electron chi connectivity index (χ4n) is 5.72. The Balaban J connectivity index is 0.875. The molecule has 0 saturated heterocycles. The van der Waals surface area contributed by atoms with Gasteiger partial charge in [0.15, 0.2) is 23.3 Å². The van der Waals surface area contributed by atoms with Crippen LogP contribution in [0.1, 0.15) is 11.1 Å². The van der Waals surface area contributed by atoms with Crippen molar-refractivity contribution in [3.8, 4) is 57.1 Å². The minimum atomic E-state index is 0.385. The van der Waals surface area contributed by atoms with E-state index in [0.29, 0.717) is 36.5 Å². The fraction of sp³-hybridized carbons (Fsp3) is 0.0455. The Hall–Kier alpha value is -7.46. The Morgan fingerprint density at radius 3 is 0.926 bits per heavy atom. The summed E-state index contributed by atoms with van der Waals surface area (Å²) in [5, 5.41) is 27.4. The summed E-state index contributed by atoms with van der Waals surface area (Å²) < 4.78 is 15.5. The summed E-state index contributed by atoms with van der Waals surface area (Å²) in [5.74, 6) is 4.12. The van der Waals surface area contributed by atoms with E-state index in [-0.39, 0.29) is 0 Å². The lowest BCUT2D eigenvalue weighted by molar-refractivity contribution is 0.217. The van der Waals surface area contributed by atoms with Crippen LogP contribution >= 0.6 is 0 Å². The molecule has 8 aromatic rings. The van der Waals surface area contributed by atoms with E-state index < -0.39 is 0 Å². The monoisotopic (exact) mass is 706 g/mol. The number of rotatable bonds is 13. The van der Waals surface area contributed by atoms with Crippen molar-refractivity contribution in [1.82, 2.24) is 29.7 Å². The van der Waals surface area contributed by atoms with Gasteiger partial charge >= 0.3 is 0 Å². The van der Waals surface area contributed by atoms with Crippen molar-refractivity contribution in [3.05, 3.63) is 181 Å². The molecule has 0 aliphatic rings. The minimum absolute atomic E-state index is 0.385. The molecule has 2 aromatic heterocycles. The molecule has 2 heterocycles. The average Bonchev–Trinajstić information content (AvgIpc) is 3.88. The van der Waals surface area contributed by atoms with E-state index in [4.69, 9.17) is 19.7 Å². The second-order valence-corrected chi connectivity index (χ2v) is 12.1. The first kappa shape index (κ1) is 33.7. The molecule has 262 valence electrons. The van der Waals surface area contributed by atoms with Crippen LogP contribution in [-0.2, 0) is 0 Å². The summed E-state index contributed by atoms with van der Waals surface area (Å²) in [6.45, 7) is 0.771. The molecular weight excluding hydrogens is 673 g/mol. The average molecular weight is 707 g/mol. The highest BCUT2D eigenvalue weighted by Gasteiger charge is 2.16. The van der Waals surface area contributed by atoms with Gasteiger partial charge in [-0.25, -0.2) is 0 Å². The second-order valence-electron chi connectivity index (χ2n) is 12.1. The van der Waals surface area contributed by atoms with Crippen molar-refractivity contribution in [2.45, 2.75) is 0 Å². The van der Waals surface area contributed by atoms with E-state index >= 15 is 0 Å². The predicted molar refractivity (Wildman–Crippen MR) is 212 cm³/mol. The molecule has 0 bridgehead atoms. The standard InChI is InChI=1S/C44H34N8O2/c1-5-13-35(14-6-1)41-47-48-42(36-15-7-2-8-16-36)51(41)45-31-33-21-25-39(26-22-33)53-29-30-54-40-27-23-34(24-28-40)32-46-52-43(37-17-9-3-10-18-37)49-50-44(52)38-19-11-4-12-20-38/h1-28,31-32H,29-30H2/b45-31+,46-32+. The molecule has 0 aliphatic carbocycles. The Morgan fingerprint density at radius 1 is 0.370 bits per heavy atom. The van der Waals surface area contributed by atoms with Gasteiger partial charge in [-0.15, -0.1) is 20.4 Å². The third-order valence-corrected chi connectivity index (χ3v) is 8.43. The highest BCUT2D eigenvalue weighted by atomic mass is 16.5. The Bertz CT molecular complexity index is 2170. The molecule has 0 amide bonds. The molecule has 0 saturated carbocycles. The number of benzene rings is 6. The van der Waals surface area contributed by atoms with Gasteiger partial charge in [-0.2, -0.15) is 19.6 Å². The van der Waals surface area contributed by atoms with E-state index in [1.165, 1.54) is 0 Å². The van der Waals surface area contributed by atoms with Gasteiger partial charge in [0.1, 0.15) is 24.7 Å². The van der Waals surface area contributed by atoms with Gasteiger partial charge in [0, 0.05) is 22.3 Å². The SMILES string of the molecule is C(=N\n1c(-c2ccccc2)nnc1-c1ccccc1)/c1ccc(OCCOc2ccc(/C=N/n3c(-c4ccccc4)nnc3-c3ccccc3)cc2)cc1. The zero-order valence-electron chi connectivity index (χ0n) is 29.1. The molecular formula is C44H34N8O2. The maximum Gasteiger partial charge on any atom is 0.185 e. The number of ether oxygens (including phenoxy) is 2. The summed E-state index contributed by atoms with van der Waals surface area (Å²) in [7, 11) is 0. The molecule has 54 heavy (non-hydrogen) atoms. The molecule has 0 spiro atoms. The highest BCUT2D eigenvalue weighted by molar-refractivity contribution is 5.81. The predicted octanol–water partition coefficient (Wildman–Crippen LogP) is 8.76. The second kappa shape index (κ2) is 16.3. The van der Waals surface area contributed by atoms with Gasteiger partial charge in [-0.1, -0.05) is 121 Å². The summed E-state index contributed by atoms with van der Waals surface area (Å²) in [5.41, 5.74) is 5.53. The molecule has 0 fully saturated rings. The molecule has 6 aromatic carbocycles. The zero-order valence-corrected chi connectivity index (χ0v) is 29.1. The van der Waals surface area contributed by atoms with Crippen LogP contribution in [0.2, 0.25) is 0 Å². The number of aromatic nitrogens is 6. The van der Waals surface area contributed by atoms with Crippen LogP contribution in [0.4, 0.5) is 0 Å². The van der Waals surface area contributed by atoms with Crippen LogP contribution in [0.25, 0.3) is 45.6 Å². The molecule has 0 radical (unpaired) electrons. The van der Waals surface area contributed by atoms with Gasteiger partial charge in [0.2, 0.25) is 0 Å². The fourth-order valence-corrected chi connectivity index (χ4v) is 5.72. The van der Waals surface area contributed by atoms with Crippen molar-refractivity contribution < 1.29 is 9.47 Å². The van der Waals surface area contributed by atoms with Crippen LogP contribution in [0, 0.1) is 0 Å². The largest absolute Gasteiger partial charge is 0.490 e. The van der Waals surface area contributed by atoms with Gasteiger partial charge in [-0.3, -0.25) is 0 Å². The minimum Gasteiger partial charge on any atom is -0.490 e. The van der Waals surface area contributed by atoms with Gasteiger partial charge in [-0.05, 0) is 59.7 Å². The van der Waals surface area contributed by atoms with Crippen LogP contribution in [0.3, 0.4) is 0 Å². The quantitative estimate of drug-likeness (QED) is 0.0877. The van der Waals surface area contributed by atoms with Crippen molar-refractivity contribution in [3.63, 3.8) is 0 Å². The third kappa shape index (κ3) is 7.88. The van der Waals surface area contributed by atoms with E-state index in [0.717, 1.165) is 44.9 Å². The van der Waals surface area contributed by atoms with Crippen molar-refractivity contribution in [2.75, 3.05) is 13.2 Å². The maximum absolute atomic E-state index is 5.96. The molecule has 8 rings (SSSR count). The van der Waals surface area contributed by atoms with Crippen molar-refractivity contribution >= 4 is 12.4 Å². The van der Waals surface area contributed by atoms with E-state index in [1.54, 1.807) is 21.8 Å². The van der Waals surface area contributed by atoms with Crippen molar-refractivity contribution in [1.29, 1.82) is 0 Å². The number of hydrogen-bond donors (Lipinski definition) is 0. The van der Waals surface area contributed by atoms with Crippen LogP contribution in [0.5, 0.6) is 11.5 Å². The Morgan fingerprint density at radius 2 is 0.648 bits per heavy atom. The zero-order chi connectivity index (χ0) is 36.4. The summed E-state index contributed by atoms with van der Waals surface area (Å²) in [4.78, 5) is 0. The summed E-state index contributed by atoms with van der Waals surface area (Å²) in [6.07, 6.45) is 3.58. The molecule has 10 nitrogen and oxygen atoms in total. The van der Waals surface area contributed by atoms with Crippen LogP contribution in [0.15, 0.2) is 180 Å². The molecule has 0 unspecified atom stereocenters. The lowest BCUT2D eigenvalue weighted by atomic mass is 10.2. The summed E-state index contributed by atoms with van der Waals surface area (Å²) >= 11 is 0. The lowest BCUT2D eigenvalue weighted by Gasteiger charge is -2.09. The van der Waals surface area contributed by atoms with Crippen molar-refractivity contribution in [2.24, 2.45) is 10.2 Å². The van der Waals surface area contributed by atoms with Gasteiger partial charge < -0.3 is 9.47 Å².